The van der Waals surface area contributed by atoms with Crippen molar-refractivity contribution < 1.29 is 14.6 Å². The fourth-order valence-corrected chi connectivity index (χ4v) is 5.16. The highest BCUT2D eigenvalue weighted by Crippen LogP contribution is 2.59. The third kappa shape index (κ3) is 3.65. The molecule has 0 amide bonds. The number of ether oxygens (including phenoxy) is 1. The summed E-state index contributed by atoms with van der Waals surface area (Å²) >= 11 is 0. The zero-order valence-corrected chi connectivity index (χ0v) is 15.0. The van der Waals surface area contributed by atoms with E-state index in [-0.39, 0.29) is 11.6 Å². The summed E-state index contributed by atoms with van der Waals surface area (Å²) in [6.45, 7) is 9.23. The molecule has 4 aliphatic rings. The standard InChI is InChI=1S/C14H20O2.C8H8O/c1-3-13(15)16-14(2)11-5-9-4-10(7-11)8-12(14)6-9;1-2-7-3-5-8(9)6-4-7/h3,9-12H,1,4-8H2,2H3;2-6,9H,1H2. The summed E-state index contributed by atoms with van der Waals surface area (Å²) < 4.78 is 5.71. The van der Waals surface area contributed by atoms with Crippen LogP contribution in [0.15, 0.2) is 43.5 Å². The lowest BCUT2D eigenvalue weighted by Crippen LogP contribution is -2.57. The van der Waals surface area contributed by atoms with Crippen LogP contribution in [0.4, 0.5) is 0 Å². The van der Waals surface area contributed by atoms with Crippen LogP contribution in [-0.4, -0.2) is 16.7 Å². The molecule has 0 unspecified atom stereocenters. The average Bonchev–Trinajstić information content (AvgIpc) is 2.60. The van der Waals surface area contributed by atoms with E-state index in [1.165, 1.54) is 38.2 Å². The predicted molar refractivity (Wildman–Crippen MR) is 99.9 cm³/mol. The maximum absolute atomic E-state index is 11.5. The van der Waals surface area contributed by atoms with Crippen molar-refractivity contribution >= 4 is 12.0 Å². The number of hydrogen-bond donors (Lipinski definition) is 1. The molecule has 3 heteroatoms. The molecule has 25 heavy (non-hydrogen) atoms. The molecule has 0 aliphatic heterocycles. The first-order valence-corrected chi connectivity index (χ1v) is 9.21. The normalized spacial score (nSPS) is 34.6. The first-order valence-electron chi connectivity index (χ1n) is 9.21. The van der Waals surface area contributed by atoms with Gasteiger partial charge in [0, 0.05) is 6.08 Å². The monoisotopic (exact) mass is 340 g/mol. The van der Waals surface area contributed by atoms with Crippen LogP contribution in [0.5, 0.6) is 5.75 Å². The van der Waals surface area contributed by atoms with Crippen molar-refractivity contribution in [3.63, 3.8) is 0 Å². The maximum Gasteiger partial charge on any atom is 0.330 e. The zero-order chi connectivity index (χ0) is 18.0. The van der Waals surface area contributed by atoms with Crippen LogP contribution in [0.25, 0.3) is 6.08 Å². The van der Waals surface area contributed by atoms with Gasteiger partial charge in [-0.05, 0) is 80.4 Å². The van der Waals surface area contributed by atoms with E-state index >= 15 is 0 Å². The molecule has 3 nitrogen and oxygen atoms in total. The molecule has 0 saturated heterocycles. The zero-order valence-electron chi connectivity index (χ0n) is 15.0. The summed E-state index contributed by atoms with van der Waals surface area (Å²) in [5.74, 6) is 3.09. The Balaban J connectivity index is 0.000000173. The van der Waals surface area contributed by atoms with Crippen molar-refractivity contribution in [2.24, 2.45) is 23.7 Å². The van der Waals surface area contributed by atoms with Crippen LogP contribution < -0.4 is 0 Å². The van der Waals surface area contributed by atoms with E-state index in [0.717, 1.165) is 17.4 Å². The van der Waals surface area contributed by atoms with E-state index in [1.807, 2.05) is 12.1 Å². The second-order valence-corrected chi connectivity index (χ2v) is 7.91. The molecule has 4 saturated carbocycles. The van der Waals surface area contributed by atoms with Crippen LogP contribution in [0, 0.1) is 23.7 Å². The number of rotatable bonds is 3. The number of benzene rings is 1. The second-order valence-electron chi connectivity index (χ2n) is 7.91. The second kappa shape index (κ2) is 7.07. The van der Waals surface area contributed by atoms with Crippen molar-refractivity contribution in [2.75, 3.05) is 0 Å². The van der Waals surface area contributed by atoms with E-state index in [2.05, 4.69) is 20.1 Å². The first kappa shape index (κ1) is 17.8. The molecule has 0 radical (unpaired) electrons. The van der Waals surface area contributed by atoms with Crippen molar-refractivity contribution in [3.8, 4) is 5.75 Å². The fraction of sp³-hybridized carbons (Fsp3) is 0.500. The number of carbonyl (C=O) groups is 1. The van der Waals surface area contributed by atoms with Crippen molar-refractivity contribution in [3.05, 3.63) is 49.1 Å². The minimum atomic E-state index is -0.241. The van der Waals surface area contributed by atoms with Gasteiger partial charge in [-0.25, -0.2) is 4.79 Å². The number of phenols is 1. The Bertz CT molecular complexity index is 616. The van der Waals surface area contributed by atoms with Crippen molar-refractivity contribution in [1.29, 1.82) is 0 Å². The minimum Gasteiger partial charge on any atom is -0.508 e. The van der Waals surface area contributed by atoms with Crippen LogP contribution in [0.3, 0.4) is 0 Å². The number of hydrogen-bond acceptors (Lipinski definition) is 3. The molecular formula is C22H28O3. The predicted octanol–water partition coefficient (Wildman–Crippen LogP) is 4.97. The lowest BCUT2D eigenvalue weighted by atomic mass is 9.50. The molecule has 4 fully saturated rings. The van der Waals surface area contributed by atoms with E-state index in [1.54, 1.807) is 18.2 Å². The number of carbonyl (C=O) groups excluding carboxylic acids is 1. The van der Waals surface area contributed by atoms with Gasteiger partial charge in [-0.1, -0.05) is 31.4 Å². The Labute approximate surface area is 150 Å². The Morgan fingerprint density at radius 1 is 1.08 bits per heavy atom. The van der Waals surface area contributed by atoms with Gasteiger partial charge in [0.1, 0.15) is 11.4 Å². The molecule has 4 aliphatic carbocycles. The molecule has 1 aromatic carbocycles. The third-order valence-corrected chi connectivity index (χ3v) is 6.38. The van der Waals surface area contributed by atoms with Crippen LogP contribution in [0.1, 0.15) is 44.6 Å². The summed E-state index contributed by atoms with van der Waals surface area (Å²) in [6, 6.07) is 6.89. The van der Waals surface area contributed by atoms with Gasteiger partial charge in [0.15, 0.2) is 0 Å². The number of aromatic hydroxyl groups is 1. The van der Waals surface area contributed by atoms with Gasteiger partial charge in [-0.15, -0.1) is 0 Å². The van der Waals surface area contributed by atoms with Gasteiger partial charge in [0.05, 0.1) is 0 Å². The van der Waals surface area contributed by atoms with Crippen LogP contribution >= 0.6 is 0 Å². The van der Waals surface area contributed by atoms with Gasteiger partial charge in [-0.2, -0.15) is 0 Å². The van der Waals surface area contributed by atoms with Gasteiger partial charge in [0.2, 0.25) is 0 Å². The largest absolute Gasteiger partial charge is 0.508 e. The number of phenolic OH excluding ortho intramolecular Hbond substituents is 1. The SMILES string of the molecule is C=CC(=O)OC1(C)C2CC3CC(C2)CC1C3.C=Cc1ccc(O)cc1. The smallest absolute Gasteiger partial charge is 0.330 e. The highest BCUT2D eigenvalue weighted by molar-refractivity contribution is 5.81. The molecule has 4 bridgehead atoms. The lowest BCUT2D eigenvalue weighted by molar-refractivity contribution is -0.198. The molecule has 5 rings (SSSR count). The lowest BCUT2D eigenvalue weighted by Gasteiger charge is -2.58. The third-order valence-electron chi connectivity index (χ3n) is 6.38. The fourth-order valence-electron chi connectivity index (χ4n) is 5.16. The van der Waals surface area contributed by atoms with Crippen LogP contribution in [-0.2, 0) is 9.53 Å². The quantitative estimate of drug-likeness (QED) is 0.624. The van der Waals surface area contributed by atoms with Gasteiger partial charge in [-0.3, -0.25) is 0 Å². The summed E-state index contributed by atoms with van der Waals surface area (Å²) in [5, 5.41) is 8.82. The van der Waals surface area contributed by atoms with Gasteiger partial charge < -0.3 is 9.84 Å². The van der Waals surface area contributed by atoms with E-state index in [4.69, 9.17) is 9.84 Å². The Kier molecular flexibility index (Phi) is 5.03. The highest BCUT2D eigenvalue weighted by atomic mass is 16.6. The highest BCUT2D eigenvalue weighted by Gasteiger charge is 2.56. The maximum atomic E-state index is 11.5. The molecule has 1 aromatic rings. The molecule has 0 spiro atoms. The average molecular weight is 340 g/mol. The first-order chi connectivity index (χ1) is 11.9. The molecule has 1 N–H and O–H groups in total. The van der Waals surface area contributed by atoms with E-state index in [9.17, 15) is 4.79 Å². The van der Waals surface area contributed by atoms with E-state index < -0.39 is 0 Å². The molecule has 0 atom stereocenters. The summed E-state index contributed by atoms with van der Waals surface area (Å²) in [6.07, 6.45) is 9.55. The molecule has 0 aromatic heterocycles. The minimum absolute atomic E-state index is 0.196. The Morgan fingerprint density at radius 3 is 2.04 bits per heavy atom. The summed E-state index contributed by atoms with van der Waals surface area (Å²) in [5.41, 5.74) is 0.825. The topological polar surface area (TPSA) is 46.5 Å². The Morgan fingerprint density at radius 2 is 1.60 bits per heavy atom. The van der Waals surface area contributed by atoms with Crippen LogP contribution in [0.2, 0.25) is 0 Å². The molecule has 0 heterocycles. The summed E-state index contributed by atoms with van der Waals surface area (Å²) in [7, 11) is 0. The van der Waals surface area contributed by atoms with Gasteiger partial charge >= 0.3 is 5.97 Å². The molecular weight excluding hydrogens is 312 g/mol. The van der Waals surface area contributed by atoms with E-state index in [0.29, 0.717) is 17.6 Å². The van der Waals surface area contributed by atoms with Crippen molar-refractivity contribution in [2.45, 2.75) is 44.6 Å². The van der Waals surface area contributed by atoms with Gasteiger partial charge in [0.25, 0.3) is 0 Å². The van der Waals surface area contributed by atoms with Crippen molar-refractivity contribution in [1.82, 2.24) is 0 Å². The molecule has 134 valence electrons. The Hall–Kier alpha value is -2.03. The number of esters is 1. The summed E-state index contributed by atoms with van der Waals surface area (Å²) in [4.78, 5) is 11.5.